The van der Waals surface area contributed by atoms with E-state index in [1.807, 2.05) is 4.57 Å². The summed E-state index contributed by atoms with van der Waals surface area (Å²) < 4.78 is 15.1. The Balaban J connectivity index is 2.22. The van der Waals surface area contributed by atoms with Crippen molar-refractivity contribution in [2.24, 2.45) is 0 Å². The van der Waals surface area contributed by atoms with E-state index in [1.165, 1.54) is 25.0 Å². The number of rotatable bonds is 7. The van der Waals surface area contributed by atoms with Crippen LogP contribution in [-0.4, -0.2) is 27.8 Å². The quantitative estimate of drug-likeness (QED) is 0.757. The maximum absolute atomic E-state index is 13.2. The Bertz CT molecular complexity index is 539. The van der Waals surface area contributed by atoms with Crippen LogP contribution < -0.4 is 5.32 Å². The van der Waals surface area contributed by atoms with Gasteiger partial charge in [-0.15, -0.1) is 0 Å². The number of aromatic nitrogens is 2. The maximum Gasteiger partial charge on any atom is 0.203 e. The molecule has 19 heavy (non-hydrogen) atoms. The van der Waals surface area contributed by atoms with Crippen LogP contribution in [-0.2, 0) is 6.54 Å². The molecule has 0 radical (unpaired) electrons. The standard InChI is InChI=1S/C14H20FN3O/c1-2-3-4-7-16-14-17-12-10-11(15)5-6-13(12)18(14)8-9-19/h5-6,10,19H,2-4,7-9H2,1H3,(H,16,17). The molecule has 2 aromatic rings. The molecule has 1 aromatic carbocycles. The van der Waals surface area contributed by atoms with E-state index in [-0.39, 0.29) is 12.4 Å². The zero-order valence-corrected chi connectivity index (χ0v) is 11.2. The summed E-state index contributed by atoms with van der Waals surface area (Å²) in [5, 5.41) is 12.4. The monoisotopic (exact) mass is 265 g/mol. The van der Waals surface area contributed by atoms with Crippen LogP contribution in [0.15, 0.2) is 18.2 Å². The molecule has 2 rings (SSSR count). The van der Waals surface area contributed by atoms with Gasteiger partial charge >= 0.3 is 0 Å². The van der Waals surface area contributed by atoms with Crippen molar-refractivity contribution in [1.29, 1.82) is 0 Å². The molecule has 2 N–H and O–H groups in total. The minimum absolute atomic E-state index is 0.0342. The third-order valence-electron chi connectivity index (χ3n) is 3.10. The van der Waals surface area contributed by atoms with Gasteiger partial charge in [0.1, 0.15) is 5.82 Å². The summed E-state index contributed by atoms with van der Waals surface area (Å²) in [5.74, 6) is 0.407. The minimum Gasteiger partial charge on any atom is -0.395 e. The van der Waals surface area contributed by atoms with E-state index in [2.05, 4.69) is 17.2 Å². The molecule has 0 saturated heterocycles. The number of nitrogens with one attached hydrogen (secondary N) is 1. The van der Waals surface area contributed by atoms with Crippen molar-refractivity contribution < 1.29 is 9.50 Å². The Morgan fingerprint density at radius 3 is 2.95 bits per heavy atom. The molecule has 0 spiro atoms. The van der Waals surface area contributed by atoms with Gasteiger partial charge in [0, 0.05) is 19.2 Å². The average molecular weight is 265 g/mol. The van der Waals surface area contributed by atoms with Gasteiger partial charge in [0.05, 0.1) is 17.6 Å². The van der Waals surface area contributed by atoms with E-state index in [0.717, 1.165) is 18.5 Å². The molecule has 104 valence electrons. The molecular formula is C14H20FN3O. The molecule has 0 atom stereocenters. The number of fused-ring (bicyclic) bond motifs is 1. The fourth-order valence-corrected chi connectivity index (χ4v) is 2.14. The van der Waals surface area contributed by atoms with Gasteiger partial charge in [-0.1, -0.05) is 19.8 Å². The van der Waals surface area contributed by atoms with Crippen LogP contribution in [0.5, 0.6) is 0 Å². The summed E-state index contributed by atoms with van der Waals surface area (Å²) in [5.41, 5.74) is 1.46. The van der Waals surface area contributed by atoms with Gasteiger partial charge in [-0.25, -0.2) is 9.37 Å². The summed E-state index contributed by atoms with van der Waals surface area (Å²) in [7, 11) is 0. The van der Waals surface area contributed by atoms with Crippen molar-refractivity contribution in [2.75, 3.05) is 18.5 Å². The number of halogens is 1. The van der Waals surface area contributed by atoms with Gasteiger partial charge in [-0.2, -0.15) is 0 Å². The largest absolute Gasteiger partial charge is 0.395 e. The van der Waals surface area contributed by atoms with E-state index in [1.54, 1.807) is 6.07 Å². The van der Waals surface area contributed by atoms with Gasteiger partial charge in [0.15, 0.2) is 0 Å². The van der Waals surface area contributed by atoms with Crippen molar-refractivity contribution in [3.63, 3.8) is 0 Å². The first-order valence-corrected chi connectivity index (χ1v) is 6.76. The van der Waals surface area contributed by atoms with Crippen LogP contribution in [0.25, 0.3) is 11.0 Å². The number of anilines is 1. The third-order valence-corrected chi connectivity index (χ3v) is 3.10. The molecule has 0 unspecified atom stereocenters. The average Bonchev–Trinajstić information content (AvgIpc) is 2.73. The lowest BCUT2D eigenvalue weighted by molar-refractivity contribution is 0.278. The van der Waals surface area contributed by atoms with Gasteiger partial charge in [0.2, 0.25) is 5.95 Å². The molecular weight excluding hydrogens is 245 g/mol. The van der Waals surface area contributed by atoms with Crippen LogP contribution in [0.2, 0.25) is 0 Å². The molecule has 4 nitrogen and oxygen atoms in total. The number of aliphatic hydroxyl groups excluding tert-OH is 1. The van der Waals surface area contributed by atoms with Gasteiger partial charge < -0.3 is 15.0 Å². The Labute approximate surface area is 112 Å². The van der Waals surface area contributed by atoms with Crippen molar-refractivity contribution >= 4 is 17.0 Å². The van der Waals surface area contributed by atoms with E-state index in [4.69, 9.17) is 5.11 Å². The second kappa shape index (κ2) is 6.52. The minimum atomic E-state index is -0.293. The van der Waals surface area contributed by atoms with Crippen molar-refractivity contribution in [3.8, 4) is 0 Å². The Hall–Kier alpha value is -1.62. The molecule has 0 amide bonds. The highest BCUT2D eigenvalue weighted by Crippen LogP contribution is 2.20. The van der Waals surface area contributed by atoms with Crippen LogP contribution in [0, 0.1) is 5.82 Å². The summed E-state index contributed by atoms with van der Waals surface area (Å²) >= 11 is 0. The normalized spacial score (nSPS) is 11.1. The first-order chi connectivity index (χ1) is 9.26. The fourth-order valence-electron chi connectivity index (χ4n) is 2.14. The zero-order chi connectivity index (χ0) is 13.7. The van der Waals surface area contributed by atoms with Crippen molar-refractivity contribution in [1.82, 2.24) is 9.55 Å². The summed E-state index contributed by atoms with van der Waals surface area (Å²) in [6.45, 7) is 3.49. The predicted octanol–water partition coefficient (Wildman–Crippen LogP) is 2.77. The first kappa shape index (κ1) is 13.8. The third kappa shape index (κ3) is 3.23. The zero-order valence-electron chi connectivity index (χ0n) is 11.2. The molecule has 1 heterocycles. The lowest BCUT2D eigenvalue weighted by Gasteiger charge is -2.09. The number of nitrogens with zero attached hydrogens (tertiary/aromatic N) is 2. The number of benzene rings is 1. The lowest BCUT2D eigenvalue weighted by atomic mass is 10.2. The molecule has 0 aliphatic carbocycles. The van der Waals surface area contributed by atoms with Crippen LogP contribution in [0.1, 0.15) is 26.2 Å². The van der Waals surface area contributed by atoms with Crippen molar-refractivity contribution in [3.05, 3.63) is 24.0 Å². The van der Waals surface area contributed by atoms with Gasteiger partial charge in [-0.05, 0) is 18.6 Å². The SMILES string of the molecule is CCCCCNc1nc2cc(F)ccc2n1CCO. The molecule has 5 heteroatoms. The Kier molecular flexibility index (Phi) is 4.74. The molecule has 0 bridgehead atoms. The van der Waals surface area contributed by atoms with Gasteiger partial charge in [0.25, 0.3) is 0 Å². The summed E-state index contributed by atoms with van der Waals surface area (Å²) in [6.07, 6.45) is 3.41. The highest BCUT2D eigenvalue weighted by atomic mass is 19.1. The lowest BCUT2D eigenvalue weighted by Crippen LogP contribution is -2.10. The number of aliphatic hydroxyl groups is 1. The number of hydrogen-bond donors (Lipinski definition) is 2. The van der Waals surface area contributed by atoms with Gasteiger partial charge in [-0.3, -0.25) is 0 Å². The van der Waals surface area contributed by atoms with Crippen LogP contribution in [0.4, 0.5) is 10.3 Å². The highest BCUT2D eigenvalue weighted by molar-refractivity contribution is 5.78. The topological polar surface area (TPSA) is 50.1 Å². The number of imidazole rings is 1. The molecule has 0 fully saturated rings. The van der Waals surface area contributed by atoms with Crippen molar-refractivity contribution in [2.45, 2.75) is 32.7 Å². The van der Waals surface area contributed by atoms with E-state index in [9.17, 15) is 4.39 Å². The fraction of sp³-hybridized carbons (Fsp3) is 0.500. The van der Waals surface area contributed by atoms with Crippen LogP contribution >= 0.6 is 0 Å². The summed E-state index contributed by atoms with van der Waals surface area (Å²) in [6, 6.07) is 4.53. The highest BCUT2D eigenvalue weighted by Gasteiger charge is 2.10. The molecule has 0 aliphatic heterocycles. The molecule has 1 aromatic heterocycles. The van der Waals surface area contributed by atoms with E-state index >= 15 is 0 Å². The summed E-state index contributed by atoms with van der Waals surface area (Å²) in [4.78, 5) is 4.39. The Morgan fingerprint density at radius 1 is 1.37 bits per heavy atom. The Morgan fingerprint density at radius 2 is 2.21 bits per heavy atom. The van der Waals surface area contributed by atoms with E-state index in [0.29, 0.717) is 18.0 Å². The number of unbranched alkanes of at least 4 members (excludes halogenated alkanes) is 2. The smallest absolute Gasteiger partial charge is 0.203 e. The second-order valence-electron chi connectivity index (χ2n) is 4.58. The van der Waals surface area contributed by atoms with Crippen LogP contribution in [0.3, 0.4) is 0 Å². The molecule has 0 saturated carbocycles. The van der Waals surface area contributed by atoms with E-state index < -0.39 is 0 Å². The number of hydrogen-bond acceptors (Lipinski definition) is 3. The second-order valence-corrected chi connectivity index (χ2v) is 4.58. The molecule has 0 aliphatic rings. The first-order valence-electron chi connectivity index (χ1n) is 6.76. The maximum atomic E-state index is 13.2. The predicted molar refractivity (Wildman–Crippen MR) is 74.8 cm³/mol.